The van der Waals surface area contributed by atoms with E-state index in [-0.39, 0.29) is 11.7 Å². The Labute approximate surface area is 105 Å². The summed E-state index contributed by atoms with van der Waals surface area (Å²) in [6.07, 6.45) is 0. The Morgan fingerprint density at radius 2 is 2.12 bits per heavy atom. The van der Waals surface area contributed by atoms with Crippen molar-refractivity contribution in [1.82, 2.24) is 0 Å². The molecule has 88 valence electrons. The number of rotatable bonds is 1. The predicted octanol–water partition coefficient (Wildman–Crippen LogP) is 2.54. The van der Waals surface area contributed by atoms with E-state index in [1.807, 2.05) is 32.0 Å². The zero-order valence-electron chi connectivity index (χ0n) is 9.27. The molecule has 3 nitrogen and oxygen atoms in total. The van der Waals surface area contributed by atoms with Gasteiger partial charge in [-0.2, -0.15) is 0 Å². The van der Waals surface area contributed by atoms with E-state index < -0.39 is 10.0 Å². The minimum Gasteiger partial charge on any atom is -0.269 e. The first kappa shape index (κ1) is 11.9. The lowest BCUT2D eigenvalue weighted by atomic mass is 10.2. The average molecular weight is 304 g/mol. The van der Waals surface area contributed by atoms with E-state index >= 15 is 0 Å². The number of nitrogens with zero attached hydrogens (tertiary/aromatic N) is 1. The highest BCUT2D eigenvalue weighted by molar-refractivity contribution is 9.10. The molecule has 1 aliphatic heterocycles. The smallest absolute Gasteiger partial charge is 0.235 e. The summed E-state index contributed by atoms with van der Waals surface area (Å²) in [5.41, 5.74) is 1.80. The summed E-state index contributed by atoms with van der Waals surface area (Å²) in [6, 6.07) is 5.68. The molecular formula is C11H14BrNO2S. The second-order valence-electron chi connectivity index (χ2n) is 4.32. The third kappa shape index (κ3) is 1.98. The molecule has 5 heteroatoms. The molecule has 0 amide bonds. The Balaban J connectivity index is 2.50. The number of benzene rings is 1. The molecule has 1 atom stereocenters. The summed E-state index contributed by atoms with van der Waals surface area (Å²) in [4.78, 5) is 0. The van der Waals surface area contributed by atoms with Crippen LogP contribution in [0.4, 0.5) is 5.69 Å². The van der Waals surface area contributed by atoms with Crippen LogP contribution >= 0.6 is 15.9 Å². The van der Waals surface area contributed by atoms with Crippen LogP contribution in [0, 0.1) is 12.8 Å². The normalized spacial score (nSPS) is 23.7. The number of sulfonamides is 1. The minimum atomic E-state index is -3.13. The summed E-state index contributed by atoms with van der Waals surface area (Å²) in [7, 11) is -3.13. The van der Waals surface area contributed by atoms with Crippen molar-refractivity contribution in [3.05, 3.63) is 28.2 Å². The van der Waals surface area contributed by atoms with Crippen LogP contribution < -0.4 is 4.31 Å². The number of hydrogen-bond acceptors (Lipinski definition) is 2. The lowest BCUT2D eigenvalue weighted by molar-refractivity contribution is 0.598. The van der Waals surface area contributed by atoms with Gasteiger partial charge in [-0.15, -0.1) is 0 Å². The fourth-order valence-corrected chi connectivity index (χ4v) is 4.51. The van der Waals surface area contributed by atoms with Crippen LogP contribution in [0.1, 0.15) is 12.5 Å². The topological polar surface area (TPSA) is 37.4 Å². The van der Waals surface area contributed by atoms with E-state index in [1.165, 1.54) is 4.31 Å². The molecule has 0 radical (unpaired) electrons. The second-order valence-corrected chi connectivity index (χ2v) is 7.05. The van der Waals surface area contributed by atoms with Gasteiger partial charge in [0, 0.05) is 11.0 Å². The molecule has 1 heterocycles. The average Bonchev–Trinajstić information content (AvgIpc) is 2.44. The van der Waals surface area contributed by atoms with Gasteiger partial charge >= 0.3 is 0 Å². The molecule has 0 saturated carbocycles. The highest BCUT2D eigenvalue weighted by Crippen LogP contribution is 2.34. The van der Waals surface area contributed by atoms with E-state index in [0.717, 1.165) is 15.7 Å². The largest absolute Gasteiger partial charge is 0.269 e. The quantitative estimate of drug-likeness (QED) is 0.799. The molecule has 1 aromatic carbocycles. The van der Waals surface area contributed by atoms with Crippen LogP contribution in [-0.2, 0) is 10.0 Å². The Kier molecular flexibility index (Phi) is 3.01. The van der Waals surface area contributed by atoms with Gasteiger partial charge in [-0.25, -0.2) is 8.42 Å². The molecule has 0 N–H and O–H groups in total. The predicted molar refractivity (Wildman–Crippen MR) is 69.2 cm³/mol. The lowest BCUT2D eigenvalue weighted by Gasteiger charge is -2.19. The van der Waals surface area contributed by atoms with Gasteiger partial charge in [-0.3, -0.25) is 4.31 Å². The SMILES string of the molecule is Cc1cccc(N2CC(C)CS2(=O)=O)c1Br. The summed E-state index contributed by atoms with van der Waals surface area (Å²) >= 11 is 3.46. The van der Waals surface area contributed by atoms with Crippen LogP contribution in [0.2, 0.25) is 0 Å². The molecule has 1 unspecified atom stereocenters. The van der Waals surface area contributed by atoms with Crippen LogP contribution in [0.5, 0.6) is 0 Å². The fraction of sp³-hybridized carbons (Fsp3) is 0.455. The van der Waals surface area contributed by atoms with E-state index in [9.17, 15) is 8.42 Å². The van der Waals surface area contributed by atoms with Crippen molar-refractivity contribution in [3.8, 4) is 0 Å². The monoisotopic (exact) mass is 303 g/mol. The lowest BCUT2D eigenvalue weighted by Crippen LogP contribution is -2.25. The molecule has 2 rings (SSSR count). The Morgan fingerprint density at radius 3 is 2.69 bits per heavy atom. The van der Waals surface area contributed by atoms with Crippen LogP contribution in [0.25, 0.3) is 0 Å². The van der Waals surface area contributed by atoms with Crippen LogP contribution in [0.15, 0.2) is 22.7 Å². The maximum absolute atomic E-state index is 11.9. The number of hydrogen-bond donors (Lipinski definition) is 0. The van der Waals surface area contributed by atoms with Gasteiger partial charge in [0.15, 0.2) is 0 Å². The molecule has 0 aromatic heterocycles. The van der Waals surface area contributed by atoms with E-state index in [4.69, 9.17) is 0 Å². The van der Waals surface area contributed by atoms with E-state index in [0.29, 0.717) is 6.54 Å². The van der Waals surface area contributed by atoms with Crippen molar-refractivity contribution < 1.29 is 8.42 Å². The van der Waals surface area contributed by atoms with Gasteiger partial charge in [0.2, 0.25) is 10.0 Å². The van der Waals surface area contributed by atoms with Crippen molar-refractivity contribution in [3.63, 3.8) is 0 Å². The molecule has 1 saturated heterocycles. The third-order valence-electron chi connectivity index (χ3n) is 2.75. The third-order valence-corrected chi connectivity index (χ3v) is 5.79. The van der Waals surface area contributed by atoms with Crippen molar-refractivity contribution in [1.29, 1.82) is 0 Å². The van der Waals surface area contributed by atoms with Crippen molar-refractivity contribution in [2.75, 3.05) is 16.6 Å². The van der Waals surface area contributed by atoms with Gasteiger partial charge in [-0.1, -0.05) is 19.1 Å². The first-order valence-corrected chi connectivity index (χ1v) is 7.57. The van der Waals surface area contributed by atoms with Gasteiger partial charge in [0.25, 0.3) is 0 Å². The molecule has 1 aromatic rings. The zero-order valence-corrected chi connectivity index (χ0v) is 11.7. The van der Waals surface area contributed by atoms with Crippen LogP contribution in [0.3, 0.4) is 0 Å². The molecular weight excluding hydrogens is 290 g/mol. The highest BCUT2D eigenvalue weighted by atomic mass is 79.9. The maximum atomic E-state index is 11.9. The van der Waals surface area contributed by atoms with Gasteiger partial charge < -0.3 is 0 Å². The standard InChI is InChI=1S/C11H14BrNO2S/c1-8-6-13(16(14,15)7-8)10-5-3-4-9(2)11(10)12/h3-5,8H,6-7H2,1-2H3. The van der Waals surface area contributed by atoms with Gasteiger partial charge in [0.05, 0.1) is 11.4 Å². The maximum Gasteiger partial charge on any atom is 0.235 e. The summed E-state index contributed by atoms with van der Waals surface area (Å²) in [6.45, 7) is 4.49. The fourth-order valence-electron chi connectivity index (χ4n) is 1.97. The van der Waals surface area contributed by atoms with Crippen molar-refractivity contribution in [2.45, 2.75) is 13.8 Å². The number of halogens is 1. The number of anilines is 1. The van der Waals surface area contributed by atoms with Gasteiger partial charge in [0.1, 0.15) is 0 Å². The Bertz CT molecular complexity index is 513. The molecule has 0 aliphatic carbocycles. The van der Waals surface area contributed by atoms with Crippen molar-refractivity contribution in [2.24, 2.45) is 5.92 Å². The van der Waals surface area contributed by atoms with E-state index in [2.05, 4.69) is 15.9 Å². The van der Waals surface area contributed by atoms with Crippen LogP contribution in [-0.4, -0.2) is 20.7 Å². The molecule has 1 fully saturated rings. The number of aryl methyl sites for hydroxylation is 1. The van der Waals surface area contributed by atoms with E-state index in [1.54, 1.807) is 0 Å². The molecule has 0 bridgehead atoms. The molecule has 0 spiro atoms. The highest BCUT2D eigenvalue weighted by Gasteiger charge is 2.34. The summed E-state index contributed by atoms with van der Waals surface area (Å²) in [5.74, 6) is 0.435. The molecule has 1 aliphatic rings. The first-order valence-electron chi connectivity index (χ1n) is 5.17. The van der Waals surface area contributed by atoms with Crippen molar-refractivity contribution >= 4 is 31.6 Å². The summed E-state index contributed by atoms with van der Waals surface area (Å²) in [5, 5.41) is 0. The Morgan fingerprint density at radius 1 is 1.44 bits per heavy atom. The molecule has 16 heavy (non-hydrogen) atoms. The Hall–Kier alpha value is -0.550. The summed E-state index contributed by atoms with van der Waals surface area (Å²) < 4.78 is 26.3. The minimum absolute atomic E-state index is 0.192. The first-order chi connectivity index (χ1) is 7.42. The van der Waals surface area contributed by atoms with Gasteiger partial charge in [-0.05, 0) is 40.4 Å². The second kappa shape index (κ2) is 4.04. The zero-order chi connectivity index (χ0) is 11.9.